The Kier molecular flexibility index (Phi) is 3.54. The van der Waals surface area contributed by atoms with E-state index < -0.39 is 15.6 Å². The van der Waals surface area contributed by atoms with Crippen molar-refractivity contribution < 1.29 is 13.2 Å². The van der Waals surface area contributed by atoms with Crippen molar-refractivity contribution in [1.29, 1.82) is 5.26 Å². The second-order valence-corrected chi connectivity index (χ2v) is 6.89. The van der Waals surface area contributed by atoms with E-state index >= 15 is 0 Å². The lowest BCUT2D eigenvalue weighted by Crippen LogP contribution is -2.63. The third-order valence-corrected chi connectivity index (χ3v) is 5.40. The summed E-state index contributed by atoms with van der Waals surface area (Å²) in [5.41, 5.74) is -0.884. The molecular weight excluding hydrogens is 278 g/mol. The normalized spacial score (nSPS) is 19.1. The maximum Gasteiger partial charge on any atom is 0.244 e. The van der Waals surface area contributed by atoms with Crippen molar-refractivity contribution in [1.82, 2.24) is 9.62 Å². The smallest absolute Gasteiger partial charge is 0.244 e. The molecule has 0 atom stereocenters. The average Bonchev–Trinajstić information content (AvgIpc) is 2.41. The Balaban J connectivity index is 2.49. The van der Waals surface area contributed by atoms with Gasteiger partial charge in [-0.05, 0) is 32.0 Å². The van der Waals surface area contributed by atoms with Gasteiger partial charge in [0.1, 0.15) is 5.54 Å². The molecule has 106 valence electrons. The summed E-state index contributed by atoms with van der Waals surface area (Å²) in [4.78, 5) is 11.9. The molecular formula is C13H15N3O3S. The van der Waals surface area contributed by atoms with Crippen LogP contribution in [0.4, 0.5) is 0 Å². The molecule has 2 rings (SSSR count). The first-order valence-corrected chi connectivity index (χ1v) is 7.55. The molecule has 0 aromatic heterocycles. The van der Waals surface area contributed by atoms with Crippen molar-refractivity contribution in [3.63, 3.8) is 0 Å². The van der Waals surface area contributed by atoms with E-state index in [0.717, 1.165) is 0 Å². The number of nitrogens with zero attached hydrogens (tertiary/aromatic N) is 2. The standard InChI is InChI=1S/C13H15N3O3S/c1-13(2)12(17)15-6-7-16(13)20(18,19)11-5-3-4-10(8-11)9-14/h3-5,8H,6-7H2,1-2H3,(H,15,17). The highest BCUT2D eigenvalue weighted by Gasteiger charge is 2.44. The number of sulfonamides is 1. The maximum absolute atomic E-state index is 12.7. The van der Waals surface area contributed by atoms with Crippen LogP contribution in [-0.4, -0.2) is 37.3 Å². The molecule has 1 aromatic rings. The van der Waals surface area contributed by atoms with E-state index in [1.165, 1.54) is 28.6 Å². The Labute approximate surface area is 118 Å². The second kappa shape index (κ2) is 4.89. The number of hydrogen-bond acceptors (Lipinski definition) is 4. The van der Waals surface area contributed by atoms with Gasteiger partial charge in [0.2, 0.25) is 15.9 Å². The molecule has 0 aliphatic carbocycles. The number of carbonyl (C=O) groups is 1. The molecule has 20 heavy (non-hydrogen) atoms. The van der Waals surface area contributed by atoms with Crippen LogP contribution in [0, 0.1) is 11.3 Å². The van der Waals surface area contributed by atoms with Crippen LogP contribution in [0.1, 0.15) is 19.4 Å². The van der Waals surface area contributed by atoms with Gasteiger partial charge in [0.25, 0.3) is 0 Å². The molecule has 1 N–H and O–H groups in total. The van der Waals surface area contributed by atoms with E-state index in [-0.39, 0.29) is 29.5 Å². The Morgan fingerprint density at radius 3 is 2.75 bits per heavy atom. The Hall–Kier alpha value is -1.91. The minimum absolute atomic E-state index is 0.0272. The average molecular weight is 293 g/mol. The first-order chi connectivity index (χ1) is 9.30. The number of nitriles is 1. The highest BCUT2D eigenvalue weighted by atomic mass is 32.2. The summed E-state index contributed by atoms with van der Waals surface area (Å²) in [7, 11) is -3.81. The minimum atomic E-state index is -3.81. The number of rotatable bonds is 2. The summed E-state index contributed by atoms with van der Waals surface area (Å²) in [5.74, 6) is -0.330. The molecule has 0 radical (unpaired) electrons. The molecule has 1 saturated heterocycles. The molecule has 1 fully saturated rings. The molecule has 1 heterocycles. The monoisotopic (exact) mass is 293 g/mol. The highest BCUT2D eigenvalue weighted by Crippen LogP contribution is 2.26. The van der Waals surface area contributed by atoms with Gasteiger partial charge in [-0.2, -0.15) is 9.57 Å². The van der Waals surface area contributed by atoms with Crippen LogP contribution in [0.25, 0.3) is 0 Å². The van der Waals surface area contributed by atoms with Gasteiger partial charge in [-0.3, -0.25) is 4.79 Å². The largest absolute Gasteiger partial charge is 0.353 e. The molecule has 1 amide bonds. The van der Waals surface area contributed by atoms with Crippen molar-refractivity contribution in [2.75, 3.05) is 13.1 Å². The Bertz CT molecular complexity index is 689. The van der Waals surface area contributed by atoms with E-state index in [0.29, 0.717) is 0 Å². The fourth-order valence-corrected chi connectivity index (χ4v) is 3.95. The van der Waals surface area contributed by atoms with Crippen molar-refractivity contribution >= 4 is 15.9 Å². The lowest BCUT2D eigenvalue weighted by Gasteiger charge is -2.39. The zero-order valence-electron chi connectivity index (χ0n) is 11.3. The molecule has 0 spiro atoms. The van der Waals surface area contributed by atoms with Crippen LogP contribution in [0.5, 0.6) is 0 Å². The summed E-state index contributed by atoms with van der Waals surface area (Å²) < 4.78 is 26.5. The SMILES string of the molecule is CC1(C)C(=O)NCCN1S(=O)(=O)c1cccc(C#N)c1. The van der Waals surface area contributed by atoms with Gasteiger partial charge < -0.3 is 5.32 Å². The predicted octanol–water partition coefficient (Wildman–Crippen LogP) is 0.457. The molecule has 1 aliphatic heterocycles. The summed E-state index contributed by atoms with van der Waals surface area (Å²) in [5, 5.41) is 11.5. The van der Waals surface area contributed by atoms with Crippen LogP contribution in [-0.2, 0) is 14.8 Å². The summed E-state index contributed by atoms with van der Waals surface area (Å²) in [6.07, 6.45) is 0. The molecule has 0 saturated carbocycles. The number of piperazine rings is 1. The van der Waals surface area contributed by atoms with Crippen molar-refractivity contribution in [3.8, 4) is 6.07 Å². The summed E-state index contributed by atoms with van der Waals surface area (Å²) in [6, 6.07) is 7.71. The lowest BCUT2D eigenvalue weighted by atomic mass is 10.0. The van der Waals surface area contributed by atoms with Crippen LogP contribution < -0.4 is 5.32 Å². The fourth-order valence-electron chi connectivity index (χ4n) is 2.15. The van der Waals surface area contributed by atoms with Gasteiger partial charge >= 0.3 is 0 Å². The number of benzene rings is 1. The van der Waals surface area contributed by atoms with E-state index in [9.17, 15) is 13.2 Å². The van der Waals surface area contributed by atoms with Gasteiger partial charge in [0.15, 0.2) is 0 Å². The van der Waals surface area contributed by atoms with Crippen LogP contribution in [0.3, 0.4) is 0 Å². The van der Waals surface area contributed by atoms with E-state index in [4.69, 9.17) is 5.26 Å². The highest BCUT2D eigenvalue weighted by molar-refractivity contribution is 7.89. The molecule has 7 heteroatoms. The number of carbonyl (C=O) groups excluding carboxylic acids is 1. The van der Waals surface area contributed by atoms with E-state index in [1.54, 1.807) is 13.8 Å². The third-order valence-electron chi connectivity index (χ3n) is 3.33. The molecule has 0 unspecified atom stereocenters. The van der Waals surface area contributed by atoms with Crippen molar-refractivity contribution in [2.45, 2.75) is 24.3 Å². The molecule has 1 aliphatic rings. The fraction of sp³-hybridized carbons (Fsp3) is 0.385. The van der Waals surface area contributed by atoms with Gasteiger partial charge in [-0.1, -0.05) is 6.07 Å². The zero-order chi connectivity index (χ0) is 15.0. The van der Waals surface area contributed by atoms with Crippen molar-refractivity contribution in [3.05, 3.63) is 29.8 Å². The minimum Gasteiger partial charge on any atom is -0.353 e. The maximum atomic E-state index is 12.7. The van der Waals surface area contributed by atoms with Gasteiger partial charge in [-0.15, -0.1) is 0 Å². The summed E-state index contributed by atoms with van der Waals surface area (Å²) in [6.45, 7) is 3.61. The number of amides is 1. The topological polar surface area (TPSA) is 90.3 Å². The molecule has 1 aromatic carbocycles. The van der Waals surface area contributed by atoms with Crippen LogP contribution in [0.15, 0.2) is 29.2 Å². The number of nitrogens with one attached hydrogen (secondary N) is 1. The second-order valence-electron chi connectivity index (χ2n) is 5.03. The van der Waals surface area contributed by atoms with Crippen LogP contribution >= 0.6 is 0 Å². The lowest BCUT2D eigenvalue weighted by molar-refractivity contribution is -0.131. The quantitative estimate of drug-likeness (QED) is 0.857. The van der Waals surface area contributed by atoms with E-state index in [1.807, 2.05) is 6.07 Å². The number of hydrogen-bond donors (Lipinski definition) is 1. The molecule has 6 nitrogen and oxygen atoms in total. The van der Waals surface area contributed by atoms with E-state index in [2.05, 4.69) is 5.32 Å². The van der Waals surface area contributed by atoms with Gasteiger partial charge in [-0.25, -0.2) is 8.42 Å². The Morgan fingerprint density at radius 1 is 1.40 bits per heavy atom. The van der Waals surface area contributed by atoms with Crippen LogP contribution in [0.2, 0.25) is 0 Å². The summed E-state index contributed by atoms with van der Waals surface area (Å²) >= 11 is 0. The third kappa shape index (κ3) is 2.28. The predicted molar refractivity (Wildman–Crippen MR) is 72.1 cm³/mol. The molecule has 0 bridgehead atoms. The van der Waals surface area contributed by atoms with Gasteiger partial charge in [0, 0.05) is 13.1 Å². The first-order valence-electron chi connectivity index (χ1n) is 6.11. The Morgan fingerprint density at radius 2 is 2.10 bits per heavy atom. The van der Waals surface area contributed by atoms with Gasteiger partial charge in [0.05, 0.1) is 16.5 Å². The zero-order valence-corrected chi connectivity index (χ0v) is 12.1. The van der Waals surface area contributed by atoms with Crippen molar-refractivity contribution in [2.24, 2.45) is 0 Å². The first kappa shape index (κ1) is 14.5.